The number of halogens is 1. The van der Waals surface area contributed by atoms with E-state index in [2.05, 4.69) is 0 Å². The summed E-state index contributed by atoms with van der Waals surface area (Å²) in [7, 11) is 0. The molecular weight excluding hydrogens is 195 g/mol. The fourth-order valence-corrected chi connectivity index (χ4v) is 1.72. The van der Waals surface area contributed by atoms with Gasteiger partial charge in [-0.1, -0.05) is 19.9 Å². The predicted octanol–water partition coefficient (Wildman–Crippen LogP) is 2.45. The smallest absolute Gasteiger partial charge is 0.174 e. The van der Waals surface area contributed by atoms with Crippen LogP contribution >= 0.6 is 0 Å². The minimum absolute atomic E-state index is 0.00260. The lowest BCUT2D eigenvalue weighted by Gasteiger charge is -2.19. The Balaban J connectivity index is 2.48. The molecule has 1 aliphatic heterocycles. The van der Waals surface area contributed by atoms with Crippen molar-refractivity contribution in [2.75, 3.05) is 6.61 Å². The van der Waals surface area contributed by atoms with Crippen LogP contribution in [0.15, 0.2) is 12.1 Å². The van der Waals surface area contributed by atoms with Gasteiger partial charge in [-0.2, -0.15) is 0 Å². The maximum Gasteiger partial charge on any atom is 0.174 e. The summed E-state index contributed by atoms with van der Waals surface area (Å²) in [6.45, 7) is 3.98. The molecule has 80 valence electrons. The lowest BCUT2D eigenvalue weighted by atomic mass is 9.96. The lowest BCUT2D eigenvalue weighted by Crippen LogP contribution is -2.21. The molecule has 0 saturated carbocycles. The van der Waals surface area contributed by atoms with E-state index in [1.54, 1.807) is 0 Å². The summed E-state index contributed by atoms with van der Waals surface area (Å²) < 4.78 is 18.7. The van der Waals surface area contributed by atoms with Crippen LogP contribution in [0.5, 0.6) is 5.75 Å². The summed E-state index contributed by atoms with van der Waals surface area (Å²) in [5.74, 6) is 0.146. The Hall–Kier alpha value is -1.38. The molecule has 3 heteroatoms. The van der Waals surface area contributed by atoms with Crippen LogP contribution in [0.1, 0.15) is 30.9 Å². The second kappa shape index (κ2) is 3.65. The molecule has 0 spiro atoms. The largest absolute Gasteiger partial charge is 0.482 e. The molecule has 15 heavy (non-hydrogen) atoms. The van der Waals surface area contributed by atoms with Gasteiger partial charge in [-0.05, 0) is 17.5 Å². The number of fused-ring (bicyclic) bond motifs is 1. The number of carbonyl (C=O) groups excluding carboxylic acids is 1. The second-order valence-corrected chi connectivity index (χ2v) is 4.15. The molecule has 2 rings (SSSR count). The van der Waals surface area contributed by atoms with Gasteiger partial charge in [-0.25, -0.2) is 4.39 Å². The van der Waals surface area contributed by atoms with E-state index in [0.717, 1.165) is 5.56 Å². The molecule has 1 aromatic rings. The number of hydrogen-bond acceptors (Lipinski definition) is 2. The number of ketones is 1. The van der Waals surface area contributed by atoms with Crippen molar-refractivity contribution in [3.05, 3.63) is 29.1 Å². The number of rotatable bonds is 1. The summed E-state index contributed by atoms with van der Waals surface area (Å²) in [5, 5.41) is 0. The monoisotopic (exact) mass is 208 g/mol. The summed E-state index contributed by atoms with van der Waals surface area (Å²) >= 11 is 0. The molecule has 0 fully saturated rings. The Labute approximate surface area is 88.1 Å². The van der Waals surface area contributed by atoms with Crippen LogP contribution in [0.2, 0.25) is 0 Å². The highest BCUT2D eigenvalue weighted by atomic mass is 19.1. The zero-order valence-corrected chi connectivity index (χ0v) is 8.84. The van der Waals surface area contributed by atoms with Gasteiger partial charge in [0.25, 0.3) is 0 Å². The molecule has 0 saturated heterocycles. The zero-order chi connectivity index (χ0) is 11.0. The number of ether oxygens (including phenoxy) is 1. The molecule has 0 bridgehead atoms. The second-order valence-electron chi connectivity index (χ2n) is 4.15. The van der Waals surface area contributed by atoms with Crippen LogP contribution < -0.4 is 4.74 Å². The number of Topliss-reactive ketones (excluding diaryl/α,β-unsaturated/α-hetero) is 1. The van der Waals surface area contributed by atoms with E-state index in [1.807, 2.05) is 19.9 Å². The Morgan fingerprint density at radius 3 is 2.80 bits per heavy atom. The van der Waals surface area contributed by atoms with E-state index in [0.29, 0.717) is 5.56 Å². The van der Waals surface area contributed by atoms with Crippen LogP contribution in [0.3, 0.4) is 0 Å². The normalized spacial score (nSPS) is 15.1. The summed E-state index contributed by atoms with van der Waals surface area (Å²) in [4.78, 5) is 11.2. The van der Waals surface area contributed by atoms with Crippen LogP contribution in [0.25, 0.3) is 0 Å². The van der Waals surface area contributed by atoms with Crippen LogP contribution in [-0.4, -0.2) is 12.4 Å². The third kappa shape index (κ3) is 1.87. The van der Waals surface area contributed by atoms with Gasteiger partial charge < -0.3 is 4.74 Å². The lowest BCUT2D eigenvalue weighted by molar-refractivity contribution is -0.121. The highest BCUT2D eigenvalue weighted by molar-refractivity contribution is 5.84. The molecule has 0 unspecified atom stereocenters. The predicted molar refractivity (Wildman–Crippen MR) is 54.7 cm³/mol. The maximum atomic E-state index is 13.6. The van der Waals surface area contributed by atoms with Crippen molar-refractivity contribution in [2.24, 2.45) is 0 Å². The fraction of sp³-hybridized carbons (Fsp3) is 0.417. The van der Waals surface area contributed by atoms with Crippen molar-refractivity contribution in [2.45, 2.75) is 26.2 Å². The van der Waals surface area contributed by atoms with Crippen molar-refractivity contribution in [3.8, 4) is 5.75 Å². The van der Waals surface area contributed by atoms with E-state index < -0.39 is 0 Å². The molecular formula is C12H13FO2. The molecule has 0 atom stereocenters. The van der Waals surface area contributed by atoms with E-state index in [9.17, 15) is 9.18 Å². The van der Waals surface area contributed by atoms with Gasteiger partial charge in [0.2, 0.25) is 0 Å². The Morgan fingerprint density at radius 1 is 1.40 bits per heavy atom. The van der Waals surface area contributed by atoms with Crippen LogP contribution in [-0.2, 0) is 11.2 Å². The Morgan fingerprint density at radius 2 is 2.13 bits per heavy atom. The molecule has 1 aliphatic rings. The first-order chi connectivity index (χ1) is 7.08. The first kappa shape index (κ1) is 10.1. The van der Waals surface area contributed by atoms with Gasteiger partial charge in [0.05, 0.1) is 0 Å². The van der Waals surface area contributed by atoms with Crippen molar-refractivity contribution >= 4 is 5.78 Å². The molecule has 0 amide bonds. The molecule has 0 aromatic heterocycles. The van der Waals surface area contributed by atoms with E-state index in [4.69, 9.17) is 4.74 Å². The average molecular weight is 208 g/mol. The van der Waals surface area contributed by atoms with Crippen molar-refractivity contribution < 1.29 is 13.9 Å². The fourth-order valence-electron chi connectivity index (χ4n) is 1.72. The van der Waals surface area contributed by atoms with Gasteiger partial charge in [0.1, 0.15) is 6.61 Å². The molecule has 1 heterocycles. The van der Waals surface area contributed by atoms with Gasteiger partial charge >= 0.3 is 0 Å². The van der Waals surface area contributed by atoms with Crippen molar-refractivity contribution in [1.29, 1.82) is 0 Å². The van der Waals surface area contributed by atoms with E-state index in [-0.39, 0.29) is 36.3 Å². The average Bonchev–Trinajstić information content (AvgIpc) is 2.16. The van der Waals surface area contributed by atoms with E-state index >= 15 is 0 Å². The Kier molecular flexibility index (Phi) is 2.47. The van der Waals surface area contributed by atoms with Crippen LogP contribution in [0, 0.1) is 5.82 Å². The molecule has 0 radical (unpaired) electrons. The molecule has 2 nitrogen and oxygen atoms in total. The standard InChI is InChI=1S/C12H13FO2/c1-7(2)8-3-9-4-10(14)6-15-12(9)11(13)5-8/h3,5,7H,4,6H2,1-2H3. The van der Waals surface area contributed by atoms with Crippen molar-refractivity contribution in [1.82, 2.24) is 0 Å². The van der Waals surface area contributed by atoms with Gasteiger partial charge in [-0.15, -0.1) is 0 Å². The third-order valence-corrected chi connectivity index (χ3v) is 2.57. The maximum absolute atomic E-state index is 13.6. The summed E-state index contributed by atoms with van der Waals surface area (Å²) in [6.07, 6.45) is 0.285. The first-order valence-electron chi connectivity index (χ1n) is 5.04. The summed E-state index contributed by atoms with van der Waals surface area (Å²) in [5.41, 5.74) is 1.58. The SMILES string of the molecule is CC(C)c1cc(F)c2c(c1)CC(=O)CO2. The van der Waals surface area contributed by atoms with Gasteiger partial charge in [0.15, 0.2) is 17.3 Å². The van der Waals surface area contributed by atoms with Gasteiger partial charge in [0, 0.05) is 12.0 Å². The molecule has 0 N–H and O–H groups in total. The quantitative estimate of drug-likeness (QED) is 0.708. The molecule has 0 aliphatic carbocycles. The van der Waals surface area contributed by atoms with Crippen molar-refractivity contribution in [3.63, 3.8) is 0 Å². The summed E-state index contributed by atoms with van der Waals surface area (Å²) in [6, 6.07) is 3.35. The zero-order valence-electron chi connectivity index (χ0n) is 8.84. The minimum atomic E-state index is -0.358. The Bertz CT molecular complexity index is 410. The molecule has 1 aromatic carbocycles. The first-order valence-corrected chi connectivity index (χ1v) is 5.04. The minimum Gasteiger partial charge on any atom is -0.482 e. The number of hydrogen-bond donors (Lipinski definition) is 0. The number of carbonyl (C=O) groups is 1. The van der Waals surface area contributed by atoms with Crippen LogP contribution in [0.4, 0.5) is 4.39 Å². The topological polar surface area (TPSA) is 26.3 Å². The third-order valence-electron chi connectivity index (χ3n) is 2.57. The van der Waals surface area contributed by atoms with E-state index in [1.165, 1.54) is 6.07 Å². The van der Waals surface area contributed by atoms with Gasteiger partial charge in [-0.3, -0.25) is 4.79 Å². The highest BCUT2D eigenvalue weighted by Gasteiger charge is 2.21. The highest BCUT2D eigenvalue weighted by Crippen LogP contribution is 2.30. The number of benzene rings is 1.